The van der Waals surface area contributed by atoms with E-state index in [-0.39, 0.29) is 0 Å². The highest BCUT2D eigenvalue weighted by Crippen LogP contribution is 2.05. The molecule has 0 aliphatic heterocycles. The van der Waals surface area contributed by atoms with E-state index in [0.717, 1.165) is 23.6 Å². The summed E-state index contributed by atoms with van der Waals surface area (Å²) < 4.78 is 1.85. The molecule has 0 spiro atoms. The van der Waals surface area contributed by atoms with E-state index >= 15 is 0 Å². The lowest BCUT2D eigenvalue weighted by Crippen LogP contribution is -2.05. The highest BCUT2D eigenvalue weighted by atomic mass is 15.3. The smallest absolute Gasteiger partial charge is 0.155 e. The Morgan fingerprint density at radius 3 is 3.08 bits per heavy atom. The Bertz CT molecular complexity index is 418. The Morgan fingerprint density at radius 1 is 1.54 bits per heavy atom. The fourth-order valence-electron chi connectivity index (χ4n) is 1.33. The average Bonchev–Trinajstić information content (AvgIpc) is 2.49. The lowest BCUT2D eigenvalue weighted by molar-refractivity contribution is 0.762. The van der Waals surface area contributed by atoms with Gasteiger partial charge in [-0.05, 0) is 20.0 Å². The van der Waals surface area contributed by atoms with Gasteiger partial charge in [0.1, 0.15) is 0 Å². The maximum Gasteiger partial charge on any atom is 0.155 e. The molecule has 13 heavy (non-hydrogen) atoms. The fourth-order valence-corrected chi connectivity index (χ4v) is 1.33. The van der Waals surface area contributed by atoms with Crippen LogP contribution in [-0.4, -0.2) is 21.6 Å². The van der Waals surface area contributed by atoms with E-state index in [9.17, 15) is 0 Å². The molecule has 0 atom stereocenters. The van der Waals surface area contributed by atoms with Crippen LogP contribution in [0.15, 0.2) is 18.3 Å². The lowest BCUT2D eigenvalue weighted by Gasteiger charge is -1.95. The molecule has 4 nitrogen and oxygen atoms in total. The molecule has 2 heterocycles. The van der Waals surface area contributed by atoms with Gasteiger partial charge >= 0.3 is 0 Å². The molecule has 0 saturated carbocycles. The fraction of sp³-hybridized carbons (Fsp3) is 0.333. The van der Waals surface area contributed by atoms with Gasteiger partial charge in [0.2, 0.25) is 0 Å². The van der Waals surface area contributed by atoms with E-state index in [0.29, 0.717) is 0 Å². The number of fused-ring (bicyclic) bond motifs is 1. The van der Waals surface area contributed by atoms with E-state index in [1.807, 2.05) is 30.6 Å². The van der Waals surface area contributed by atoms with Crippen molar-refractivity contribution in [2.24, 2.45) is 0 Å². The van der Waals surface area contributed by atoms with E-state index in [2.05, 4.69) is 15.4 Å². The second-order valence-electron chi connectivity index (χ2n) is 3.02. The van der Waals surface area contributed by atoms with Crippen molar-refractivity contribution in [3.8, 4) is 0 Å². The Kier molecular flexibility index (Phi) is 1.98. The average molecular weight is 176 g/mol. The molecule has 0 unspecified atom stereocenters. The summed E-state index contributed by atoms with van der Waals surface area (Å²) in [6, 6.07) is 3.94. The van der Waals surface area contributed by atoms with Crippen molar-refractivity contribution < 1.29 is 0 Å². The van der Waals surface area contributed by atoms with Crippen LogP contribution >= 0.6 is 0 Å². The van der Waals surface area contributed by atoms with Crippen LogP contribution in [0, 0.1) is 6.92 Å². The van der Waals surface area contributed by atoms with E-state index < -0.39 is 0 Å². The number of nitrogens with one attached hydrogen (secondary N) is 1. The summed E-state index contributed by atoms with van der Waals surface area (Å²) in [5.74, 6) is 0. The molecule has 0 fully saturated rings. The predicted octanol–water partition coefficient (Wildman–Crippen LogP) is 0.757. The molecule has 0 saturated heterocycles. The predicted molar refractivity (Wildman–Crippen MR) is 50.5 cm³/mol. The first-order valence-electron chi connectivity index (χ1n) is 4.26. The van der Waals surface area contributed by atoms with Crippen molar-refractivity contribution in [3.05, 3.63) is 29.7 Å². The van der Waals surface area contributed by atoms with Gasteiger partial charge < -0.3 is 5.32 Å². The first kappa shape index (κ1) is 8.19. The minimum absolute atomic E-state index is 0.781. The van der Waals surface area contributed by atoms with Crippen molar-refractivity contribution in [2.45, 2.75) is 13.5 Å². The first-order valence-corrected chi connectivity index (χ1v) is 4.26. The van der Waals surface area contributed by atoms with Crippen LogP contribution in [0.3, 0.4) is 0 Å². The molecule has 0 aliphatic rings. The maximum absolute atomic E-state index is 4.39. The van der Waals surface area contributed by atoms with Crippen LogP contribution in [0.5, 0.6) is 0 Å². The number of aromatic nitrogens is 3. The number of nitrogens with zero attached hydrogens (tertiary/aromatic N) is 3. The number of rotatable bonds is 2. The Balaban J connectivity index is 2.55. The van der Waals surface area contributed by atoms with Gasteiger partial charge in [-0.3, -0.25) is 0 Å². The van der Waals surface area contributed by atoms with E-state index in [1.165, 1.54) is 0 Å². The minimum Gasteiger partial charge on any atom is -0.314 e. The third kappa shape index (κ3) is 1.40. The van der Waals surface area contributed by atoms with Crippen LogP contribution in [0.25, 0.3) is 5.65 Å². The zero-order chi connectivity index (χ0) is 9.26. The Labute approximate surface area is 76.6 Å². The van der Waals surface area contributed by atoms with Gasteiger partial charge in [0.15, 0.2) is 5.65 Å². The molecule has 0 aromatic carbocycles. The Morgan fingerprint density at radius 2 is 2.38 bits per heavy atom. The summed E-state index contributed by atoms with van der Waals surface area (Å²) in [6.45, 7) is 2.80. The molecular weight excluding hydrogens is 164 g/mol. The molecule has 1 N–H and O–H groups in total. The van der Waals surface area contributed by atoms with Crippen molar-refractivity contribution in [1.29, 1.82) is 0 Å². The summed E-state index contributed by atoms with van der Waals surface area (Å²) >= 11 is 0. The standard InChI is InChI=1S/C9H12N4/c1-7-3-4-11-9-5-8(6-10-2)12-13(7)9/h3-5,10H,6H2,1-2H3. The second-order valence-corrected chi connectivity index (χ2v) is 3.02. The van der Waals surface area contributed by atoms with Crippen LogP contribution in [0.4, 0.5) is 0 Å². The summed E-state index contributed by atoms with van der Waals surface area (Å²) in [4.78, 5) is 4.22. The van der Waals surface area contributed by atoms with E-state index in [4.69, 9.17) is 0 Å². The van der Waals surface area contributed by atoms with Crippen LogP contribution < -0.4 is 5.32 Å². The molecule has 2 aromatic heterocycles. The molecule has 68 valence electrons. The van der Waals surface area contributed by atoms with Gasteiger partial charge in [-0.2, -0.15) is 5.10 Å². The molecule has 0 radical (unpaired) electrons. The molecular formula is C9H12N4. The summed E-state index contributed by atoms with van der Waals surface area (Å²) in [7, 11) is 1.91. The molecule has 0 amide bonds. The lowest BCUT2D eigenvalue weighted by atomic mass is 10.4. The third-order valence-corrected chi connectivity index (χ3v) is 1.96. The zero-order valence-electron chi connectivity index (χ0n) is 7.78. The largest absolute Gasteiger partial charge is 0.314 e. The molecule has 2 aromatic rings. The summed E-state index contributed by atoms with van der Waals surface area (Å²) in [5, 5.41) is 7.45. The van der Waals surface area contributed by atoms with Gasteiger partial charge in [0, 0.05) is 24.5 Å². The number of hydrogen-bond acceptors (Lipinski definition) is 3. The molecule has 0 bridgehead atoms. The monoisotopic (exact) mass is 176 g/mol. The Hall–Kier alpha value is -1.42. The molecule has 0 aliphatic carbocycles. The third-order valence-electron chi connectivity index (χ3n) is 1.96. The van der Waals surface area contributed by atoms with Gasteiger partial charge in [-0.1, -0.05) is 0 Å². The quantitative estimate of drug-likeness (QED) is 0.734. The van der Waals surface area contributed by atoms with Crippen molar-refractivity contribution in [2.75, 3.05) is 7.05 Å². The summed E-state index contributed by atoms with van der Waals surface area (Å²) in [5.41, 5.74) is 3.03. The van der Waals surface area contributed by atoms with Gasteiger partial charge in [0.25, 0.3) is 0 Å². The SMILES string of the molecule is CNCc1cc2nccc(C)n2n1. The number of hydrogen-bond donors (Lipinski definition) is 1. The van der Waals surface area contributed by atoms with Crippen LogP contribution in [0.1, 0.15) is 11.4 Å². The van der Waals surface area contributed by atoms with Crippen LogP contribution in [-0.2, 0) is 6.54 Å². The van der Waals surface area contributed by atoms with E-state index in [1.54, 1.807) is 6.20 Å². The molecule has 4 heteroatoms. The van der Waals surface area contributed by atoms with Gasteiger partial charge in [0.05, 0.1) is 5.69 Å². The number of aryl methyl sites for hydroxylation is 1. The summed E-state index contributed by atoms with van der Waals surface area (Å²) in [6.07, 6.45) is 1.80. The second kappa shape index (κ2) is 3.14. The van der Waals surface area contributed by atoms with Gasteiger partial charge in [-0.15, -0.1) is 0 Å². The van der Waals surface area contributed by atoms with Crippen molar-refractivity contribution >= 4 is 5.65 Å². The van der Waals surface area contributed by atoms with Gasteiger partial charge in [-0.25, -0.2) is 9.50 Å². The maximum atomic E-state index is 4.39. The molecule has 2 rings (SSSR count). The zero-order valence-corrected chi connectivity index (χ0v) is 7.78. The highest BCUT2D eigenvalue weighted by Gasteiger charge is 2.02. The van der Waals surface area contributed by atoms with Crippen LogP contribution in [0.2, 0.25) is 0 Å². The topological polar surface area (TPSA) is 42.2 Å². The highest BCUT2D eigenvalue weighted by molar-refractivity contribution is 5.39. The van der Waals surface area contributed by atoms with Crippen molar-refractivity contribution in [1.82, 2.24) is 19.9 Å². The first-order chi connectivity index (χ1) is 6.31. The normalized spacial score (nSPS) is 10.9. The minimum atomic E-state index is 0.781. The van der Waals surface area contributed by atoms with Crippen molar-refractivity contribution in [3.63, 3.8) is 0 Å².